The van der Waals surface area contributed by atoms with Crippen LogP contribution in [0, 0.1) is 11.7 Å². The maximum absolute atomic E-state index is 14.7. The van der Waals surface area contributed by atoms with Crippen molar-refractivity contribution in [3.63, 3.8) is 0 Å². The number of halogens is 4. The molecule has 0 amide bonds. The first-order valence-corrected chi connectivity index (χ1v) is 13.4. The van der Waals surface area contributed by atoms with Crippen LogP contribution in [0.1, 0.15) is 48.8 Å². The minimum absolute atomic E-state index is 0.112. The molecule has 1 saturated carbocycles. The van der Waals surface area contributed by atoms with Gasteiger partial charge in [0.1, 0.15) is 5.82 Å². The first-order valence-electron chi connectivity index (χ1n) is 13.4. The van der Waals surface area contributed by atoms with Gasteiger partial charge >= 0.3 is 6.18 Å². The maximum atomic E-state index is 14.7. The lowest BCUT2D eigenvalue weighted by atomic mass is 9.58. The van der Waals surface area contributed by atoms with Gasteiger partial charge in [-0.25, -0.2) is 9.07 Å². The Labute approximate surface area is 224 Å². The molecule has 0 aliphatic heterocycles. The van der Waals surface area contributed by atoms with E-state index in [0.717, 1.165) is 27.7 Å². The summed E-state index contributed by atoms with van der Waals surface area (Å²) in [4.78, 5) is 0. The third-order valence-electron chi connectivity index (χ3n) is 8.89. The first kappa shape index (κ1) is 26.0. The molecular weight excluding hydrogens is 508 g/mol. The molecule has 1 aromatic heterocycles. The van der Waals surface area contributed by atoms with E-state index in [1.165, 1.54) is 12.1 Å². The second-order valence-electron chi connectivity index (χ2n) is 11.0. The number of aliphatic hydroxyl groups is 1. The molecule has 39 heavy (non-hydrogen) atoms. The highest BCUT2D eigenvalue weighted by Crippen LogP contribution is 2.57. The molecule has 2 aliphatic rings. The van der Waals surface area contributed by atoms with Crippen molar-refractivity contribution in [2.24, 2.45) is 5.92 Å². The zero-order chi connectivity index (χ0) is 27.3. The van der Waals surface area contributed by atoms with Gasteiger partial charge < -0.3 is 9.84 Å². The SMILES string of the molecule is OC[C@@]12CC[C@](OCc3ccccc3)(C(F)(F)F)C[C@H]1CCCc1cc3c(cnn3-c3ccc(F)cc3)cc12. The van der Waals surface area contributed by atoms with Gasteiger partial charge in [-0.15, -0.1) is 0 Å². The average Bonchev–Trinajstić information content (AvgIpc) is 3.28. The van der Waals surface area contributed by atoms with Crippen molar-refractivity contribution in [1.29, 1.82) is 0 Å². The molecular formula is C31H30F4N2O2. The topological polar surface area (TPSA) is 47.3 Å². The van der Waals surface area contributed by atoms with Crippen molar-refractivity contribution >= 4 is 10.9 Å². The molecule has 4 aromatic rings. The Balaban J connectivity index is 1.37. The van der Waals surface area contributed by atoms with Gasteiger partial charge in [0.05, 0.1) is 30.6 Å². The van der Waals surface area contributed by atoms with Crippen LogP contribution < -0.4 is 0 Å². The van der Waals surface area contributed by atoms with Gasteiger partial charge in [-0.05, 0) is 97.5 Å². The Hall–Kier alpha value is -3.23. The summed E-state index contributed by atoms with van der Waals surface area (Å²) in [6, 6.07) is 19.1. The van der Waals surface area contributed by atoms with Crippen LogP contribution in [0.25, 0.3) is 16.6 Å². The van der Waals surface area contributed by atoms with Crippen molar-refractivity contribution in [2.75, 3.05) is 6.61 Å². The van der Waals surface area contributed by atoms with Crippen molar-refractivity contribution in [3.05, 3.63) is 95.4 Å². The van der Waals surface area contributed by atoms with E-state index >= 15 is 0 Å². The number of alkyl halides is 3. The largest absolute Gasteiger partial charge is 0.417 e. The minimum Gasteiger partial charge on any atom is -0.395 e. The highest BCUT2D eigenvalue weighted by molar-refractivity contribution is 5.82. The van der Waals surface area contributed by atoms with Gasteiger partial charge in [0.2, 0.25) is 0 Å². The fraction of sp³-hybridized carbons (Fsp3) is 0.387. The van der Waals surface area contributed by atoms with E-state index in [1.807, 2.05) is 18.2 Å². The Morgan fingerprint density at radius 3 is 2.51 bits per heavy atom. The molecule has 0 saturated heterocycles. The number of ether oxygens (including phenoxy) is 1. The van der Waals surface area contributed by atoms with Crippen molar-refractivity contribution in [1.82, 2.24) is 9.78 Å². The van der Waals surface area contributed by atoms with Gasteiger partial charge in [0.25, 0.3) is 0 Å². The lowest BCUT2D eigenvalue weighted by Gasteiger charge is -2.51. The van der Waals surface area contributed by atoms with Crippen molar-refractivity contribution < 1.29 is 27.4 Å². The molecule has 6 rings (SSSR count). The highest BCUT2D eigenvalue weighted by Gasteiger charge is 2.62. The fourth-order valence-corrected chi connectivity index (χ4v) is 6.73. The maximum Gasteiger partial charge on any atom is 0.417 e. The summed E-state index contributed by atoms with van der Waals surface area (Å²) in [6.07, 6.45) is -1.06. The molecule has 0 bridgehead atoms. The molecule has 1 fully saturated rings. The summed E-state index contributed by atoms with van der Waals surface area (Å²) in [5.74, 6) is -0.723. The Kier molecular flexibility index (Phi) is 6.50. The summed E-state index contributed by atoms with van der Waals surface area (Å²) in [7, 11) is 0. The number of rotatable bonds is 5. The molecule has 204 valence electrons. The number of benzene rings is 3. The second kappa shape index (κ2) is 9.75. The molecule has 8 heteroatoms. The predicted molar refractivity (Wildman–Crippen MR) is 140 cm³/mol. The van der Waals surface area contributed by atoms with Crippen LogP contribution in [0.3, 0.4) is 0 Å². The Bertz CT molecular complexity index is 1470. The number of nitrogens with zero attached hydrogens (tertiary/aromatic N) is 2. The van der Waals surface area contributed by atoms with E-state index < -0.39 is 17.2 Å². The highest BCUT2D eigenvalue weighted by atomic mass is 19.4. The lowest BCUT2D eigenvalue weighted by molar-refractivity contribution is -0.301. The second-order valence-corrected chi connectivity index (χ2v) is 11.0. The van der Waals surface area contributed by atoms with Crippen LogP contribution in [-0.2, 0) is 23.2 Å². The van der Waals surface area contributed by atoms with Crippen LogP contribution in [-0.4, -0.2) is 33.3 Å². The lowest BCUT2D eigenvalue weighted by Crippen LogP contribution is -2.57. The first-order chi connectivity index (χ1) is 18.7. The molecule has 0 spiro atoms. The summed E-state index contributed by atoms with van der Waals surface area (Å²) >= 11 is 0. The standard InChI is InChI=1S/C31H30F4N2O2/c32-25-9-11-26(12-10-25)37-28-16-22-7-4-8-24-17-30(31(33,34)35,39-19-21-5-2-1-3-6-21)14-13-29(24,20-38)27(22)15-23(28)18-36-37/h1-3,5-6,9-12,15-16,18,24,38H,4,7-8,13-14,17,19-20H2/t24-,29+,30-/m1/s1. The van der Waals surface area contributed by atoms with Crippen LogP contribution in [0.2, 0.25) is 0 Å². The molecule has 1 N–H and O–H groups in total. The summed E-state index contributed by atoms with van der Waals surface area (Å²) < 4.78 is 65.0. The van der Waals surface area contributed by atoms with Gasteiger partial charge in [-0.2, -0.15) is 18.3 Å². The van der Waals surface area contributed by atoms with Crippen LogP contribution >= 0.6 is 0 Å². The zero-order valence-corrected chi connectivity index (χ0v) is 21.4. The number of hydrogen-bond acceptors (Lipinski definition) is 3. The number of aryl methyl sites for hydroxylation is 1. The van der Waals surface area contributed by atoms with Crippen LogP contribution in [0.5, 0.6) is 0 Å². The molecule has 2 aliphatic carbocycles. The van der Waals surface area contributed by atoms with E-state index in [9.17, 15) is 22.7 Å². The van der Waals surface area contributed by atoms with Crippen LogP contribution in [0.15, 0.2) is 72.9 Å². The van der Waals surface area contributed by atoms with E-state index in [1.54, 1.807) is 47.3 Å². The normalized spacial score (nSPS) is 25.2. The van der Waals surface area contributed by atoms with Crippen molar-refractivity contribution in [2.45, 2.75) is 62.3 Å². The molecule has 0 radical (unpaired) electrons. The number of fused-ring (bicyclic) bond motifs is 4. The predicted octanol–water partition coefficient (Wildman–Crippen LogP) is 7.05. The third-order valence-corrected chi connectivity index (χ3v) is 8.89. The number of aromatic nitrogens is 2. The number of aliphatic hydroxyl groups excluding tert-OH is 1. The Morgan fingerprint density at radius 2 is 1.79 bits per heavy atom. The molecule has 0 unspecified atom stereocenters. The average molecular weight is 539 g/mol. The smallest absolute Gasteiger partial charge is 0.395 e. The van der Waals surface area contributed by atoms with E-state index in [2.05, 4.69) is 5.10 Å². The summed E-state index contributed by atoms with van der Waals surface area (Å²) in [5, 5.41) is 16.2. The van der Waals surface area contributed by atoms with Gasteiger partial charge in [0, 0.05) is 10.8 Å². The van der Waals surface area contributed by atoms with Gasteiger partial charge in [-0.3, -0.25) is 0 Å². The van der Waals surface area contributed by atoms with Gasteiger partial charge in [0.15, 0.2) is 5.60 Å². The quantitative estimate of drug-likeness (QED) is 0.277. The van der Waals surface area contributed by atoms with E-state index in [4.69, 9.17) is 4.74 Å². The molecule has 3 aromatic carbocycles. The molecule has 1 heterocycles. The van der Waals surface area contributed by atoms with Crippen LogP contribution in [0.4, 0.5) is 17.6 Å². The van der Waals surface area contributed by atoms with E-state index in [-0.39, 0.29) is 44.2 Å². The summed E-state index contributed by atoms with van der Waals surface area (Å²) in [6.45, 7) is -0.339. The zero-order valence-electron chi connectivity index (χ0n) is 21.4. The molecule has 4 nitrogen and oxygen atoms in total. The minimum atomic E-state index is -4.53. The number of hydrogen-bond donors (Lipinski definition) is 1. The molecule has 3 atom stereocenters. The fourth-order valence-electron chi connectivity index (χ4n) is 6.73. The summed E-state index contributed by atoms with van der Waals surface area (Å²) in [5.41, 5.74) is 1.16. The van der Waals surface area contributed by atoms with Gasteiger partial charge in [-0.1, -0.05) is 30.3 Å². The van der Waals surface area contributed by atoms with Crippen molar-refractivity contribution in [3.8, 4) is 5.69 Å². The monoisotopic (exact) mass is 538 g/mol. The third kappa shape index (κ3) is 4.43. The Morgan fingerprint density at radius 1 is 1.03 bits per heavy atom. The van der Waals surface area contributed by atoms with E-state index in [0.29, 0.717) is 24.8 Å².